The van der Waals surface area contributed by atoms with Crippen LogP contribution in [-0.2, 0) is 6.18 Å². The Kier molecular flexibility index (Phi) is 4.39. The second-order valence-corrected chi connectivity index (χ2v) is 11.0. The molecule has 0 aliphatic heterocycles. The molecule has 6 heteroatoms. The number of alkyl halides is 3. The summed E-state index contributed by atoms with van der Waals surface area (Å²) in [6, 6.07) is 3.40. The smallest absolute Gasteiger partial charge is 0.419 e. The van der Waals surface area contributed by atoms with Crippen LogP contribution >= 0.6 is 0 Å². The van der Waals surface area contributed by atoms with Gasteiger partial charge in [-0.3, -0.25) is 4.79 Å². The van der Waals surface area contributed by atoms with E-state index in [1.807, 2.05) is 33.9 Å². The van der Waals surface area contributed by atoms with E-state index in [1.54, 1.807) is 0 Å². The Morgan fingerprint density at radius 3 is 2.10 bits per heavy atom. The maximum atomic E-state index is 13.1. The zero-order chi connectivity index (χ0) is 15.8. The van der Waals surface area contributed by atoms with Crippen LogP contribution in [0.25, 0.3) is 0 Å². The summed E-state index contributed by atoms with van der Waals surface area (Å²) in [5, 5.41) is -0.209. The molecule has 0 unspecified atom stereocenters. The third-order valence-corrected chi connectivity index (χ3v) is 7.96. The first kappa shape index (κ1) is 16.8. The molecule has 1 aromatic rings. The molecule has 1 aromatic carbocycles. The standard InChI is InChI=1S/C14H19F3O2Si/c1-13(2,3)20(4,5)19-12-7-6-10(9-18)8-11(12)14(15,16)17/h6-9H,1-5H3. The van der Waals surface area contributed by atoms with Crippen LogP contribution in [0.3, 0.4) is 0 Å². The Morgan fingerprint density at radius 2 is 1.70 bits per heavy atom. The van der Waals surface area contributed by atoms with Crippen LogP contribution in [0, 0.1) is 0 Å². The number of rotatable bonds is 3. The highest BCUT2D eigenvalue weighted by atomic mass is 28.4. The number of hydrogen-bond acceptors (Lipinski definition) is 2. The number of carbonyl (C=O) groups excluding carboxylic acids is 1. The maximum absolute atomic E-state index is 13.1. The van der Waals surface area contributed by atoms with E-state index in [0.717, 1.165) is 6.07 Å². The van der Waals surface area contributed by atoms with Crippen LogP contribution < -0.4 is 4.43 Å². The minimum absolute atomic E-state index is 0.0140. The van der Waals surface area contributed by atoms with Crippen molar-refractivity contribution in [1.29, 1.82) is 0 Å². The highest BCUT2D eigenvalue weighted by Crippen LogP contribution is 2.42. The molecule has 0 saturated heterocycles. The molecule has 0 aliphatic carbocycles. The summed E-state index contributed by atoms with van der Waals surface area (Å²) in [5.74, 6) is -0.199. The zero-order valence-electron chi connectivity index (χ0n) is 12.3. The average Bonchev–Trinajstić information content (AvgIpc) is 2.26. The normalized spacial score (nSPS) is 13.2. The molecule has 0 amide bonds. The predicted molar refractivity (Wildman–Crippen MR) is 74.7 cm³/mol. The molecule has 0 aliphatic rings. The molecular formula is C14H19F3O2Si. The first-order valence-corrected chi connectivity index (χ1v) is 9.15. The Hall–Kier alpha value is -1.30. The second kappa shape index (κ2) is 5.24. The van der Waals surface area contributed by atoms with Gasteiger partial charge in [0.15, 0.2) is 0 Å². The minimum Gasteiger partial charge on any atom is -0.543 e. The topological polar surface area (TPSA) is 26.3 Å². The zero-order valence-corrected chi connectivity index (χ0v) is 13.3. The van der Waals surface area contributed by atoms with Crippen LogP contribution in [-0.4, -0.2) is 14.6 Å². The van der Waals surface area contributed by atoms with Gasteiger partial charge in [-0.15, -0.1) is 0 Å². The van der Waals surface area contributed by atoms with Crippen molar-refractivity contribution in [2.24, 2.45) is 0 Å². The van der Waals surface area contributed by atoms with Crippen molar-refractivity contribution in [3.63, 3.8) is 0 Å². The molecule has 0 bridgehead atoms. The van der Waals surface area contributed by atoms with Crippen LogP contribution in [0.5, 0.6) is 5.75 Å². The largest absolute Gasteiger partial charge is 0.543 e. The molecule has 0 N–H and O–H groups in total. The van der Waals surface area contributed by atoms with Gasteiger partial charge in [-0.05, 0) is 36.3 Å². The Balaban J connectivity index is 3.29. The molecule has 1 rings (SSSR count). The fraction of sp³-hybridized carbons (Fsp3) is 0.500. The van der Waals surface area contributed by atoms with Gasteiger partial charge in [0.05, 0.1) is 5.56 Å². The van der Waals surface area contributed by atoms with Crippen molar-refractivity contribution in [2.75, 3.05) is 0 Å². The molecule has 0 radical (unpaired) electrons. The van der Waals surface area contributed by atoms with Crippen LogP contribution in [0.15, 0.2) is 18.2 Å². The second-order valence-electron chi connectivity index (χ2n) is 6.23. The van der Waals surface area contributed by atoms with Gasteiger partial charge in [-0.25, -0.2) is 0 Å². The summed E-state index contributed by atoms with van der Waals surface area (Å²) < 4.78 is 44.9. The first-order valence-electron chi connectivity index (χ1n) is 6.24. The third kappa shape index (κ3) is 3.62. The molecule has 0 fully saturated rings. The van der Waals surface area contributed by atoms with E-state index in [9.17, 15) is 18.0 Å². The Labute approximate surface area is 118 Å². The monoisotopic (exact) mass is 304 g/mol. The van der Waals surface area contributed by atoms with E-state index in [2.05, 4.69) is 0 Å². The van der Waals surface area contributed by atoms with Gasteiger partial charge in [0.1, 0.15) is 12.0 Å². The van der Waals surface area contributed by atoms with Crippen molar-refractivity contribution < 1.29 is 22.4 Å². The first-order chi connectivity index (χ1) is 8.88. The Morgan fingerprint density at radius 1 is 1.15 bits per heavy atom. The van der Waals surface area contributed by atoms with Crippen LogP contribution in [0.1, 0.15) is 36.7 Å². The lowest BCUT2D eigenvalue weighted by Crippen LogP contribution is -2.44. The maximum Gasteiger partial charge on any atom is 0.419 e. The highest BCUT2D eigenvalue weighted by molar-refractivity contribution is 6.74. The van der Waals surface area contributed by atoms with E-state index >= 15 is 0 Å². The van der Waals surface area contributed by atoms with Gasteiger partial charge >= 0.3 is 6.18 Å². The van der Waals surface area contributed by atoms with Crippen LogP contribution in [0.2, 0.25) is 18.1 Å². The van der Waals surface area contributed by atoms with Gasteiger partial charge in [0, 0.05) is 5.56 Å². The third-order valence-electron chi connectivity index (χ3n) is 3.62. The fourth-order valence-corrected chi connectivity index (χ4v) is 2.39. The number of benzene rings is 1. The Bertz CT molecular complexity index is 502. The van der Waals surface area contributed by atoms with E-state index in [4.69, 9.17) is 4.43 Å². The van der Waals surface area contributed by atoms with Gasteiger partial charge in [-0.2, -0.15) is 13.2 Å². The summed E-state index contributed by atoms with van der Waals surface area (Å²) in [6.45, 7) is 9.60. The SMILES string of the molecule is CC(C)(C)[Si](C)(C)Oc1ccc(C=O)cc1C(F)(F)F. The number of hydrogen-bond donors (Lipinski definition) is 0. The van der Waals surface area contributed by atoms with E-state index in [1.165, 1.54) is 12.1 Å². The highest BCUT2D eigenvalue weighted by Gasteiger charge is 2.42. The summed E-state index contributed by atoms with van der Waals surface area (Å²) in [7, 11) is -2.37. The summed E-state index contributed by atoms with van der Waals surface area (Å²) in [4.78, 5) is 10.6. The molecule has 0 atom stereocenters. The van der Waals surface area contributed by atoms with Gasteiger partial charge in [-0.1, -0.05) is 20.8 Å². The lowest BCUT2D eigenvalue weighted by atomic mass is 10.1. The molecule has 0 heterocycles. The minimum atomic E-state index is -4.54. The molecule has 0 saturated carbocycles. The van der Waals surface area contributed by atoms with Crippen LogP contribution in [0.4, 0.5) is 13.2 Å². The van der Waals surface area contributed by atoms with Crippen molar-refractivity contribution >= 4 is 14.6 Å². The van der Waals surface area contributed by atoms with Crippen molar-refractivity contribution in [1.82, 2.24) is 0 Å². The summed E-state index contributed by atoms with van der Waals surface area (Å²) >= 11 is 0. The van der Waals surface area contributed by atoms with E-state index < -0.39 is 20.1 Å². The van der Waals surface area contributed by atoms with Crippen molar-refractivity contribution in [2.45, 2.75) is 45.1 Å². The molecule has 0 aromatic heterocycles. The molecular weight excluding hydrogens is 285 g/mol. The fourth-order valence-electron chi connectivity index (χ4n) is 1.36. The average molecular weight is 304 g/mol. The van der Waals surface area contributed by atoms with Crippen molar-refractivity contribution in [3.05, 3.63) is 29.3 Å². The van der Waals surface area contributed by atoms with E-state index in [-0.39, 0.29) is 16.4 Å². The quantitative estimate of drug-likeness (QED) is 0.586. The van der Waals surface area contributed by atoms with Gasteiger partial charge < -0.3 is 4.43 Å². The molecule has 112 valence electrons. The number of carbonyl (C=O) groups is 1. The lowest BCUT2D eigenvalue weighted by molar-refractivity contribution is -0.138. The van der Waals surface area contributed by atoms with Gasteiger partial charge in [0.25, 0.3) is 0 Å². The molecule has 0 spiro atoms. The summed E-state index contributed by atoms with van der Waals surface area (Å²) in [6.07, 6.45) is -4.15. The molecule has 20 heavy (non-hydrogen) atoms. The lowest BCUT2D eigenvalue weighted by Gasteiger charge is -2.37. The number of halogens is 3. The number of aldehydes is 1. The molecule has 2 nitrogen and oxygen atoms in total. The van der Waals surface area contributed by atoms with Gasteiger partial charge in [0.2, 0.25) is 8.32 Å². The van der Waals surface area contributed by atoms with E-state index in [0.29, 0.717) is 6.29 Å². The predicted octanol–water partition coefficient (Wildman–Crippen LogP) is 4.90. The summed E-state index contributed by atoms with van der Waals surface area (Å²) in [5.41, 5.74) is -0.910. The van der Waals surface area contributed by atoms with Crippen molar-refractivity contribution in [3.8, 4) is 5.75 Å².